The van der Waals surface area contributed by atoms with Gasteiger partial charge in [0, 0.05) is 36.9 Å². The second-order valence-corrected chi connectivity index (χ2v) is 16.0. The largest absolute Gasteiger partial charge is 0.459 e. The van der Waals surface area contributed by atoms with Gasteiger partial charge in [-0.15, -0.1) is 0 Å². The molecule has 0 bridgehead atoms. The number of carbonyl (C=O) groups is 2. The number of carbonyl (C=O) groups excluding carboxylic acids is 2. The fraction of sp³-hybridized carbons (Fsp3) is 0.690. The number of cyclic esters (lactones) is 1. The molecule has 2 N–H and O–H groups in total. The number of para-hydroxylation sites is 1. The molecule has 0 amide bonds. The molecule has 14 atom stereocenters. The number of aromatic nitrogens is 1. The molecule has 1 aromatic heterocycles. The maximum atomic E-state index is 14.3. The summed E-state index contributed by atoms with van der Waals surface area (Å²) in [6.07, 6.45) is 2.36. The normalized spacial score (nSPS) is 40.1. The molecule has 2 saturated heterocycles. The third-order valence-corrected chi connectivity index (χ3v) is 12.2. The van der Waals surface area contributed by atoms with E-state index in [0.717, 1.165) is 16.5 Å². The number of aliphatic hydroxyl groups is 2. The molecule has 2 fully saturated rings. The highest BCUT2D eigenvalue weighted by molar-refractivity contribution is 5.84. The van der Waals surface area contributed by atoms with E-state index in [4.69, 9.17) is 23.7 Å². The maximum absolute atomic E-state index is 14.3. The first-order valence-corrected chi connectivity index (χ1v) is 19.1. The fourth-order valence-electron chi connectivity index (χ4n) is 8.37. The number of hydrogen-bond donors (Lipinski definition) is 2. The van der Waals surface area contributed by atoms with Gasteiger partial charge in [0.1, 0.15) is 17.5 Å². The Morgan fingerprint density at radius 1 is 1.04 bits per heavy atom. The molecule has 1 aromatic carbocycles. The molecule has 10 heteroatoms. The summed E-state index contributed by atoms with van der Waals surface area (Å²) in [4.78, 5) is 32.9. The summed E-state index contributed by atoms with van der Waals surface area (Å²) in [5.41, 5.74) is -0.700. The first-order valence-electron chi connectivity index (χ1n) is 19.1. The number of aliphatic hydroxyl groups excluding tert-OH is 1. The molecule has 0 saturated carbocycles. The third-order valence-electron chi connectivity index (χ3n) is 12.2. The number of methoxy groups -OCH3 is 1. The lowest BCUT2D eigenvalue weighted by atomic mass is 9.70. The Kier molecular flexibility index (Phi) is 14.2. The minimum absolute atomic E-state index is 0.0593. The van der Waals surface area contributed by atoms with Gasteiger partial charge in [0.05, 0.1) is 48.1 Å². The molecule has 0 aliphatic carbocycles. The SMILES string of the molecule is CC[C@H]1OC(=O)[C@H](C)[C@@H](O[C@H]2C[C@H](C)[C@@H](O)[C@H](C)O2)[C@H](C)[C@@H](C)[C@](C)(OC)C[C@@H](C)C(=O)[C@H](C)[C@@H](OC/C=C/c2cnc3ccccc3c2)[C@]1(C)O. The molecule has 2 aliphatic rings. The molecule has 2 aliphatic heterocycles. The van der Waals surface area contributed by atoms with Crippen LogP contribution in [0.2, 0.25) is 0 Å². The summed E-state index contributed by atoms with van der Waals surface area (Å²) in [7, 11) is 1.65. The van der Waals surface area contributed by atoms with E-state index in [0.29, 0.717) is 12.8 Å². The molecule has 3 heterocycles. The van der Waals surface area contributed by atoms with Crippen molar-refractivity contribution in [2.45, 2.75) is 137 Å². The number of ketones is 1. The highest BCUT2D eigenvalue weighted by Crippen LogP contribution is 2.41. The van der Waals surface area contributed by atoms with Gasteiger partial charge in [-0.05, 0) is 76.0 Å². The van der Waals surface area contributed by atoms with Crippen molar-refractivity contribution in [1.29, 1.82) is 0 Å². The van der Waals surface area contributed by atoms with E-state index in [9.17, 15) is 19.8 Å². The topological polar surface area (TPSA) is 134 Å². The van der Waals surface area contributed by atoms with Gasteiger partial charge in [-0.25, -0.2) is 0 Å². The summed E-state index contributed by atoms with van der Waals surface area (Å²) >= 11 is 0. The van der Waals surface area contributed by atoms with Gasteiger partial charge in [-0.2, -0.15) is 0 Å². The standard InChI is InChI=1S/C42H63NO9/c1-12-34-42(10,47)39(49-19-15-16-31-21-32-17-13-14-18-33(32)43-23-31)27(5)36(44)25(3)22-41(9,48-11)29(7)26(4)38(28(6)40(46)51-34)52-35-20-24(2)37(45)30(8)50-35/h13-18,21,23-30,34-35,37-39,45,47H,12,19-20,22H2,1-11H3/b16-15+/t24-,25+,26+,27-,28+,29+,30-,34+,35-,37+,38-,39+,41+,42+/m0/s1. The van der Waals surface area contributed by atoms with E-state index in [1.807, 2.05) is 84.0 Å². The lowest BCUT2D eigenvalue weighted by Crippen LogP contribution is -2.58. The Balaban J connectivity index is 1.67. The van der Waals surface area contributed by atoms with Crippen molar-refractivity contribution in [2.24, 2.45) is 35.5 Å². The predicted octanol–water partition coefficient (Wildman–Crippen LogP) is 6.78. The summed E-state index contributed by atoms with van der Waals surface area (Å²) in [5.74, 6) is -2.99. The van der Waals surface area contributed by atoms with Crippen molar-refractivity contribution in [3.63, 3.8) is 0 Å². The predicted molar refractivity (Wildman–Crippen MR) is 201 cm³/mol. The zero-order valence-corrected chi connectivity index (χ0v) is 33.1. The van der Waals surface area contributed by atoms with Crippen molar-refractivity contribution < 1.29 is 43.5 Å². The molecule has 4 rings (SSSR count). The Hall–Kier alpha value is -2.73. The maximum Gasteiger partial charge on any atom is 0.311 e. The zero-order valence-electron chi connectivity index (χ0n) is 33.1. The Morgan fingerprint density at radius 3 is 2.38 bits per heavy atom. The lowest BCUT2D eigenvalue weighted by Gasteiger charge is -2.46. The second kappa shape index (κ2) is 17.6. The van der Waals surface area contributed by atoms with Crippen molar-refractivity contribution in [3.05, 3.63) is 48.2 Å². The number of esters is 1. The highest BCUT2D eigenvalue weighted by Gasteiger charge is 2.50. The van der Waals surface area contributed by atoms with Crippen LogP contribution in [0, 0.1) is 35.5 Å². The number of fused-ring (bicyclic) bond motifs is 1. The van der Waals surface area contributed by atoms with Crippen LogP contribution < -0.4 is 0 Å². The van der Waals surface area contributed by atoms with Crippen LogP contribution in [-0.2, 0) is 33.3 Å². The average molecular weight is 726 g/mol. The van der Waals surface area contributed by atoms with Gasteiger partial charge in [-0.1, -0.05) is 71.9 Å². The van der Waals surface area contributed by atoms with Crippen LogP contribution in [0.3, 0.4) is 0 Å². The van der Waals surface area contributed by atoms with E-state index in [2.05, 4.69) is 11.9 Å². The summed E-state index contributed by atoms with van der Waals surface area (Å²) in [6.45, 7) is 18.9. The van der Waals surface area contributed by atoms with Gasteiger partial charge >= 0.3 is 5.97 Å². The van der Waals surface area contributed by atoms with Crippen LogP contribution in [0.15, 0.2) is 42.6 Å². The molecule has 0 unspecified atom stereocenters. The Bertz CT molecular complexity index is 1520. The van der Waals surface area contributed by atoms with E-state index in [-0.39, 0.29) is 36.6 Å². The number of hydrogen-bond acceptors (Lipinski definition) is 10. The van der Waals surface area contributed by atoms with Crippen LogP contribution in [0.4, 0.5) is 0 Å². The van der Waals surface area contributed by atoms with Crippen LogP contribution in [0.1, 0.15) is 94.1 Å². The summed E-state index contributed by atoms with van der Waals surface area (Å²) < 4.78 is 31.5. The molecule has 290 valence electrons. The molecule has 52 heavy (non-hydrogen) atoms. The Morgan fingerprint density at radius 2 is 1.73 bits per heavy atom. The number of rotatable bonds is 8. The van der Waals surface area contributed by atoms with E-state index in [1.165, 1.54) is 0 Å². The number of pyridine rings is 1. The number of benzene rings is 1. The Labute approximate surface area is 310 Å². The van der Waals surface area contributed by atoms with Crippen molar-refractivity contribution in [3.8, 4) is 0 Å². The molecule has 0 spiro atoms. The number of ether oxygens (including phenoxy) is 5. The molecular weight excluding hydrogens is 662 g/mol. The summed E-state index contributed by atoms with van der Waals surface area (Å²) in [6, 6.07) is 9.92. The number of nitrogens with zero attached hydrogens (tertiary/aromatic N) is 1. The van der Waals surface area contributed by atoms with Crippen LogP contribution in [-0.4, -0.2) is 88.7 Å². The van der Waals surface area contributed by atoms with Crippen LogP contribution in [0.5, 0.6) is 0 Å². The molecule has 10 nitrogen and oxygen atoms in total. The van der Waals surface area contributed by atoms with E-state index >= 15 is 0 Å². The second-order valence-electron chi connectivity index (χ2n) is 16.0. The van der Waals surface area contributed by atoms with Gasteiger partial charge < -0.3 is 33.9 Å². The van der Waals surface area contributed by atoms with Gasteiger partial charge in [0.2, 0.25) is 0 Å². The quantitative estimate of drug-likeness (QED) is 0.281. The summed E-state index contributed by atoms with van der Waals surface area (Å²) in [5, 5.41) is 23.8. The zero-order chi connectivity index (χ0) is 38.5. The third kappa shape index (κ3) is 9.31. The average Bonchev–Trinajstić information content (AvgIpc) is 3.12. The van der Waals surface area contributed by atoms with Crippen molar-refractivity contribution in [2.75, 3.05) is 13.7 Å². The number of Topliss-reactive ketones (excluding diaryl/α,β-unsaturated/α-hetero) is 1. The van der Waals surface area contributed by atoms with E-state index in [1.54, 1.807) is 34.1 Å². The molecule has 0 radical (unpaired) electrons. The van der Waals surface area contributed by atoms with Gasteiger partial charge in [0.15, 0.2) is 6.29 Å². The monoisotopic (exact) mass is 725 g/mol. The minimum atomic E-state index is -1.73. The van der Waals surface area contributed by atoms with Crippen molar-refractivity contribution in [1.82, 2.24) is 4.98 Å². The smallest absolute Gasteiger partial charge is 0.311 e. The van der Waals surface area contributed by atoms with Crippen molar-refractivity contribution >= 4 is 28.7 Å². The lowest BCUT2D eigenvalue weighted by molar-refractivity contribution is -0.265. The fourth-order valence-corrected chi connectivity index (χ4v) is 8.37. The molecule has 2 aromatic rings. The highest BCUT2D eigenvalue weighted by atomic mass is 16.7. The molecular formula is C42H63NO9. The van der Waals surface area contributed by atoms with E-state index < -0.39 is 71.7 Å². The first kappa shape index (κ1) is 42.0. The van der Waals surface area contributed by atoms with Crippen LogP contribution in [0.25, 0.3) is 17.0 Å². The van der Waals surface area contributed by atoms with Crippen LogP contribution >= 0.6 is 0 Å². The van der Waals surface area contributed by atoms with Gasteiger partial charge in [-0.3, -0.25) is 14.6 Å². The minimum Gasteiger partial charge on any atom is -0.459 e. The van der Waals surface area contributed by atoms with Gasteiger partial charge in [0.25, 0.3) is 0 Å². The first-order chi connectivity index (χ1) is 24.4.